The molecule has 1 aliphatic carbocycles. The van der Waals surface area contributed by atoms with E-state index in [-0.39, 0.29) is 0 Å². The second kappa shape index (κ2) is 3.82. The maximum absolute atomic E-state index is 11.7. The van der Waals surface area contributed by atoms with Crippen LogP contribution in [0.4, 0.5) is 0 Å². The van der Waals surface area contributed by atoms with Crippen molar-refractivity contribution < 1.29 is 9.90 Å². The molecule has 3 heteroatoms. The Balaban J connectivity index is 1.86. The summed E-state index contributed by atoms with van der Waals surface area (Å²) in [5.41, 5.74) is 0.458. The molecule has 2 fully saturated rings. The van der Waals surface area contributed by atoms with Gasteiger partial charge in [0.15, 0.2) is 0 Å². The number of carboxylic acid groups (broad SMARTS) is 1. The second-order valence-corrected chi connectivity index (χ2v) is 5.95. The van der Waals surface area contributed by atoms with E-state index < -0.39 is 11.5 Å². The molecule has 1 spiro atoms. The molecule has 0 aromatic heterocycles. The summed E-state index contributed by atoms with van der Waals surface area (Å²) in [6, 6.07) is 9.58. The fraction of sp³-hybridized carbons (Fsp3) is 0.533. The van der Waals surface area contributed by atoms with Gasteiger partial charge in [-0.05, 0) is 30.7 Å². The zero-order chi connectivity index (χ0) is 12.8. The number of hydrogen-bond donors (Lipinski definition) is 1. The van der Waals surface area contributed by atoms with E-state index in [1.54, 1.807) is 0 Å². The smallest absolute Gasteiger partial charge is 0.328 e. The van der Waals surface area contributed by atoms with Gasteiger partial charge in [-0.25, -0.2) is 4.79 Å². The van der Waals surface area contributed by atoms with Crippen LogP contribution in [0.1, 0.15) is 31.7 Å². The van der Waals surface area contributed by atoms with E-state index in [4.69, 9.17) is 0 Å². The van der Waals surface area contributed by atoms with Crippen LogP contribution in [-0.2, 0) is 10.3 Å². The van der Waals surface area contributed by atoms with Crippen LogP contribution in [0.25, 0.3) is 0 Å². The molecule has 3 rings (SSSR count). The lowest BCUT2D eigenvalue weighted by Gasteiger charge is -2.60. The number of likely N-dealkylation sites (tertiary alicyclic amines) is 1. The molecule has 96 valence electrons. The molecule has 2 aliphatic rings. The number of nitrogens with zero attached hydrogens (tertiary/aromatic N) is 1. The quantitative estimate of drug-likeness (QED) is 0.889. The molecule has 1 aliphatic heterocycles. The van der Waals surface area contributed by atoms with Crippen molar-refractivity contribution in [1.82, 2.24) is 4.90 Å². The van der Waals surface area contributed by atoms with E-state index in [0.29, 0.717) is 5.41 Å². The summed E-state index contributed by atoms with van der Waals surface area (Å²) >= 11 is 0. The molecule has 0 radical (unpaired) electrons. The lowest BCUT2D eigenvalue weighted by molar-refractivity contribution is -0.169. The van der Waals surface area contributed by atoms with Crippen molar-refractivity contribution >= 4 is 5.97 Å². The van der Waals surface area contributed by atoms with Gasteiger partial charge in [0.2, 0.25) is 0 Å². The molecule has 1 unspecified atom stereocenters. The first-order chi connectivity index (χ1) is 8.57. The first kappa shape index (κ1) is 11.7. The predicted molar refractivity (Wildman–Crippen MR) is 69.3 cm³/mol. The third kappa shape index (κ3) is 1.50. The summed E-state index contributed by atoms with van der Waals surface area (Å²) in [4.78, 5) is 13.8. The van der Waals surface area contributed by atoms with Gasteiger partial charge < -0.3 is 5.11 Å². The highest BCUT2D eigenvalue weighted by Crippen LogP contribution is 2.51. The zero-order valence-electron chi connectivity index (χ0n) is 10.7. The molecule has 0 amide bonds. The van der Waals surface area contributed by atoms with Crippen LogP contribution in [-0.4, -0.2) is 29.1 Å². The Morgan fingerprint density at radius 2 is 1.89 bits per heavy atom. The molecule has 1 saturated heterocycles. The molecule has 1 heterocycles. The number of carboxylic acids is 1. The van der Waals surface area contributed by atoms with Crippen LogP contribution in [0, 0.1) is 5.41 Å². The highest BCUT2D eigenvalue weighted by molar-refractivity contribution is 5.80. The third-order valence-electron chi connectivity index (χ3n) is 4.85. The van der Waals surface area contributed by atoms with E-state index in [2.05, 4.69) is 4.90 Å². The Hall–Kier alpha value is -1.35. The van der Waals surface area contributed by atoms with Crippen molar-refractivity contribution in [2.24, 2.45) is 5.41 Å². The fourth-order valence-electron chi connectivity index (χ4n) is 3.28. The lowest BCUT2D eigenvalue weighted by atomic mass is 9.62. The second-order valence-electron chi connectivity index (χ2n) is 5.95. The normalized spacial score (nSPS) is 24.9. The zero-order valence-corrected chi connectivity index (χ0v) is 10.7. The highest BCUT2D eigenvalue weighted by Gasteiger charge is 2.55. The molecular weight excluding hydrogens is 226 g/mol. The third-order valence-corrected chi connectivity index (χ3v) is 4.85. The van der Waals surface area contributed by atoms with Gasteiger partial charge in [-0.1, -0.05) is 36.8 Å². The molecule has 1 atom stereocenters. The van der Waals surface area contributed by atoms with Gasteiger partial charge in [0.05, 0.1) is 0 Å². The van der Waals surface area contributed by atoms with Gasteiger partial charge in [-0.2, -0.15) is 0 Å². The molecule has 1 saturated carbocycles. The van der Waals surface area contributed by atoms with Crippen molar-refractivity contribution in [2.45, 2.75) is 31.7 Å². The molecule has 1 N–H and O–H groups in total. The SMILES string of the molecule is CC(C(=O)O)(c1ccccc1)N1CC2(CCC2)C1. The van der Waals surface area contributed by atoms with Gasteiger partial charge in [-0.3, -0.25) is 4.90 Å². The summed E-state index contributed by atoms with van der Waals surface area (Å²) in [7, 11) is 0. The number of carbonyl (C=O) groups is 1. The monoisotopic (exact) mass is 245 g/mol. The topological polar surface area (TPSA) is 40.5 Å². The van der Waals surface area contributed by atoms with Crippen molar-refractivity contribution in [3.05, 3.63) is 35.9 Å². The lowest BCUT2D eigenvalue weighted by Crippen LogP contribution is -2.67. The Kier molecular flexibility index (Phi) is 2.49. The molecular formula is C15H19NO2. The Morgan fingerprint density at radius 3 is 2.33 bits per heavy atom. The molecule has 0 bridgehead atoms. The van der Waals surface area contributed by atoms with Crippen molar-refractivity contribution in [3.63, 3.8) is 0 Å². The number of rotatable bonds is 3. The standard InChI is InChI=1S/C15H19NO2/c1-14(13(17)18,12-6-3-2-4-7-12)16-10-15(11-16)8-5-9-15/h2-4,6-7H,5,8-11H2,1H3,(H,17,18). The van der Waals surface area contributed by atoms with Crippen molar-refractivity contribution in [2.75, 3.05) is 13.1 Å². The van der Waals surface area contributed by atoms with Gasteiger partial charge in [-0.15, -0.1) is 0 Å². The number of benzene rings is 1. The minimum Gasteiger partial charge on any atom is -0.480 e. The van der Waals surface area contributed by atoms with Crippen LogP contribution in [0.3, 0.4) is 0 Å². The molecule has 1 aromatic rings. The Labute approximate surface area is 107 Å². The van der Waals surface area contributed by atoms with Gasteiger partial charge in [0.25, 0.3) is 0 Å². The fourth-order valence-corrected chi connectivity index (χ4v) is 3.28. The van der Waals surface area contributed by atoms with Crippen LogP contribution < -0.4 is 0 Å². The van der Waals surface area contributed by atoms with E-state index in [1.165, 1.54) is 19.3 Å². The summed E-state index contributed by atoms with van der Waals surface area (Å²) in [5, 5.41) is 9.64. The maximum atomic E-state index is 11.7. The molecule has 1 aromatic carbocycles. The van der Waals surface area contributed by atoms with Crippen molar-refractivity contribution in [1.29, 1.82) is 0 Å². The highest BCUT2D eigenvalue weighted by atomic mass is 16.4. The predicted octanol–water partition coefficient (Wildman–Crippen LogP) is 2.47. The Bertz CT molecular complexity index is 459. The first-order valence-electron chi connectivity index (χ1n) is 6.61. The minimum absolute atomic E-state index is 0.450. The van der Waals surface area contributed by atoms with Gasteiger partial charge >= 0.3 is 5.97 Å². The summed E-state index contributed by atoms with van der Waals surface area (Å²) in [5.74, 6) is -0.747. The number of aliphatic carboxylic acids is 1. The summed E-state index contributed by atoms with van der Waals surface area (Å²) < 4.78 is 0. The average molecular weight is 245 g/mol. The maximum Gasteiger partial charge on any atom is 0.328 e. The van der Waals surface area contributed by atoms with Crippen molar-refractivity contribution in [3.8, 4) is 0 Å². The average Bonchev–Trinajstić information content (AvgIpc) is 2.25. The molecule has 18 heavy (non-hydrogen) atoms. The van der Waals surface area contributed by atoms with E-state index in [0.717, 1.165) is 18.7 Å². The van der Waals surface area contributed by atoms with Crippen LogP contribution in [0.2, 0.25) is 0 Å². The first-order valence-corrected chi connectivity index (χ1v) is 6.61. The molecule has 3 nitrogen and oxygen atoms in total. The van der Waals surface area contributed by atoms with E-state index in [1.807, 2.05) is 37.3 Å². The Morgan fingerprint density at radius 1 is 1.28 bits per heavy atom. The minimum atomic E-state index is -0.873. The largest absolute Gasteiger partial charge is 0.480 e. The van der Waals surface area contributed by atoms with E-state index in [9.17, 15) is 9.90 Å². The number of hydrogen-bond acceptors (Lipinski definition) is 2. The van der Waals surface area contributed by atoms with Crippen LogP contribution >= 0.6 is 0 Å². The van der Waals surface area contributed by atoms with E-state index >= 15 is 0 Å². The van der Waals surface area contributed by atoms with Gasteiger partial charge in [0, 0.05) is 13.1 Å². The summed E-state index contributed by atoms with van der Waals surface area (Å²) in [6.45, 7) is 3.70. The van der Waals surface area contributed by atoms with Crippen LogP contribution in [0.15, 0.2) is 30.3 Å². The van der Waals surface area contributed by atoms with Gasteiger partial charge in [0.1, 0.15) is 5.54 Å². The van der Waals surface area contributed by atoms with Crippen LogP contribution in [0.5, 0.6) is 0 Å². The summed E-state index contributed by atoms with van der Waals surface area (Å²) in [6.07, 6.45) is 3.85.